The van der Waals surface area contributed by atoms with Crippen molar-refractivity contribution in [3.8, 4) is 17.9 Å². The van der Waals surface area contributed by atoms with Crippen molar-refractivity contribution in [2.24, 2.45) is 0 Å². The van der Waals surface area contributed by atoms with Gasteiger partial charge in [-0.15, -0.1) is 0 Å². The fraction of sp³-hybridized carbons (Fsp3) is 0.219. The van der Waals surface area contributed by atoms with Gasteiger partial charge < -0.3 is 11.5 Å². The molecule has 0 unspecified atom stereocenters. The van der Waals surface area contributed by atoms with Gasteiger partial charge in [0.05, 0.1) is 11.0 Å². The Morgan fingerprint density at radius 3 is 1.86 bits per heavy atom. The molecular formula is C32H31N3. The molecule has 0 saturated carbocycles. The van der Waals surface area contributed by atoms with Gasteiger partial charge in [0.1, 0.15) is 6.07 Å². The first-order chi connectivity index (χ1) is 16.6. The lowest BCUT2D eigenvalue weighted by molar-refractivity contribution is 0.540. The van der Waals surface area contributed by atoms with Crippen LogP contribution in [0.25, 0.3) is 21.5 Å². The molecule has 0 radical (unpaired) electrons. The minimum absolute atomic E-state index is 0.274. The number of hydrogen-bond acceptors (Lipinski definition) is 3. The van der Waals surface area contributed by atoms with Crippen LogP contribution in [0.5, 0.6) is 0 Å². The van der Waals surface area contributed by atoms with Crippen molar-refractivity contribution in [3.05, 3.63) is 95.6 Å². The van der Waals surface area contributed by atoms with E-state index in [1.165, 1.54) is 0 Å². The molecule has 0 spiro atoms. The van der Waals surface area contributed by atoms with E-state index in [0.29, 0.717) is 17.7 Å². The summed E-state index contributed by atoms with van der Waals surface area (Å²) in [6, 6.07) is 26.7. The van der Waals surface area contributed by atoms with Crippen molar-refractivity contribution in [2.75, 3.05) is 11.5 Å². The number of anilines is 2. The third kappa shape index (κ3) is 4.72. The Balaban J connectivity index is 1.68. The second-order valence-corrected chi connectivity index (χ2v) is 10.2. The lowest BCUT2D eigenvalue weighted by Crippen LogP contribution is -2.19. The molecule has 0 aliphatic carbocycles. The van der Waals surface area contributed by atoms with Crippen LogP contribution in [0.15, 0.2) is 84.4 Å². The van der Waals surface area contributed by atoms with E-state index in [4.69, 9.17) is 11.5 Å². The highest BCUT2D eigenvalue weighted by Crippen LogP contribution is 2.38. The van der Waals surface area contributed by atoms with Gasteiger partial charge in [0, 0.05) is 16.9 Å². The number of nitriles is 1. The maximum atomic E-state index is 9.84. The zero-order valence-corrected chi connectivity index (χ0v) is 20.8. The number of benzene rings is 4. The minimum Gasteiger partial charge on any atom is -0.398 e. The standard InChI is InChI=1S/C32H31N3/c1-31(2,29-25-11-7-5-9-23(25)13-15-27(29)34)19-17-22(21-33)18-20-32(3,4)30-26-12-8-6-10-24(26)14-16-28(30)35/h5-17H,19,34-35H2,1-4H3/b22-17-. The predicted octanol–water partition coefficient (Wildman–Crippen LogP) is 7.26. The largest absolute Gasteiger partial charge is 0.398 e. The van der Waals surface area contributed by atoms with E-state index in [9.17, 15) is 5.26 Å². The average molecular weight is 458 g/mol. The summed E-state index contributed by atoms with van der Waals surface area (Å²) in [6.07, 6.45) is 2.57. The van der Waals surface area contributed by atoms with Crippen molar-refractivity contribution >= 4 is 32.9 Å². The Labute approximate surface area is 208 Å². The summed E-state index contributed by atoms with van der Waals surface area (Å²) in [5.41, 5.74) is 16.0. The van der Waals surface area contributed by atoms with E-state index in [-0.39, 0.29) is 5.41 Å². The molecule has 0 fully saturated rings. The van der Waals surface area contributed by atoms with Crippen LogP contribution >= 0.6 is 0 Å². The number of rotatable bonds is 4. The topological polar surface area (TPSA) is 75.8 Å². The molecule has 0 aliphatic rings. The quantitative estimate of drug-likeness (QED) is 0.192. The second-order valence-electron chi connectivity index (χ2n) is 10.2. The molecule has 4 aromatic rings. The monoisotopic (exact) mass is 457 g/mol. The molecule has 35 heavy (non-hydrogen) atoms. The molecule has 174 valence electrons. The van der Waals surface area contributed by atoms with Crippen molar-refractivity contribution in [3.63, 3.8) is 0 Å². The summed E-state index contributed by atoms with van der Waals surface area (Å²) in [5.74, 6) is 6.47. The van der Waals surface area contributed by atoms with Gasteiger partial charge in [-0.1, -0.05) is 92.4 Å². The van der Waals surface area contributed by atoms with Crippen LogP contribution in [0.4, 0.5) is 11.4 Å². The SMILES string of the molecule is CC(C)(C#C/C(C#N)=C/CC(C)(C)c1c(N)ccc2ccccc12)c1c(N)ccc2ccccc12. The van der Waals surface area contributed by atoms with Gasteiger partial charge in [-0.25, -0.2) is 0 Å². The Kier molecular flexibility index (Phi) is 6.29. The van der Waals surface area contributed by atoms with Crippen LogP contribution in [0.3, 0.4) is 0 Å². The fourth-order valence-corrected chi connectivity index (χ4v) is 4.90. The van der Waals surface area contributed by atoms with Crippen LogP contribution in [-0.4, -0.2) is 0 Å². The third-order valence-corrected chi connectivity index (χ3v) is 6.67. The average Bonchev–Trinajstić information content (AvgIpc) is 2.83. The molecule has 4 N–H and O–H groups in total. The zero-order chi connectivity index (χ0) is 25.2. The number of fused-ring (bicyclic) bond motifs is 2. The highest BCUT2D eigenvalue weighted by molar-refractivity contribution is 5.92. The summed E-state index contributed by atoms with van der Waals surface area (Å²) in [5, 5.41) is 14.3. The van der Waals surface area contributed by atoms with Crippen molar-refractivity contribution in [2.45, 2.75) is 44.9 Å². The molecule has 3 heteroatoms. The van der Waals surface area contributed by atoms with Gasteiger partial charge in [0.2, 0.25) is 0 Å². The highest BCUT2D eigenvalue weighted by Gasteiger charge is 2.25. The number of nitrogen functional groups attached to an aromatic ring is 2. The molecule has 3 nitrogen and oxygen atoms in total. The van der Waals surface area contributed by atoms with E-state index in [2.05, 4.69) is 56.0 Å². The third-order valence-electron chi connectivity index (χ3n) is 6.67. The van der Waals surface area contributed by atoms with E-state index >= 15 is 0 Å². The van der Waals surface area contributed by atoms with Crippen LogP contribution in [0, 0.1) is 23.2 Å². The lowest BCUT2D eigenvalue weighted by Gasteiger charge is -2.27. The molecule has 4 rings (SSSR count). The van der Waals surface area contributed by atoms with Crippen LogP contribution in [0.2, 0.25) is 0 Å². The van der Waals surface area contributed by atoms with Gasteiger partial charge in [0.15, 0.2) is 0 Å². The maximum absolute atomic E-state index is 9.84. The molecule has 0 atom stereocenters. The lowest BCUT2D eigenvalue weighted by atomic mass is 9.77. The summed E-state index contributed by atoms with van der Waals surface area (Å²) in [6.45, 7) is 8.41. The Bertz CT molecular complexity index is 1550. The number of nitrogens with two attached hydrogens (primary N) is 2. The van der Waals surface area contributed by atoms with Crippen LogP contribution < -0.4 is 11.5 Å². The first kappa shape index (κ1) is 23.9. The molecule has 0 amide bonds. The van der Waals surface area contributed by atoms with Gasteiger partial charge >= 0.3 is 0 Å². The molecular weight excluding hydrogens is 426 g/mol. The number of nitrogens with zero attached hydrogens (tertiary/aromatic N) is 1. The first-order valence-corrected chi connectivity index (χ1v) is 11.8. The van der Waals surface area contributed by atoms with Crippen LogP contribution in [0.1, 0.15) is 45.2 Å². The van der Waals surface area contributed by atoms with E-state index < -0.39 is 5.41 Å². The smallest absolute Gasteiger partial charge is 0.108 e. The van der Waals surface area contributed by atoms with Gasteiger partial charge in [-0.3, -0.25) is 0 Å². The first-order valence-electron chi connectivity index (χ1n) is 11.8. The Morgan fingerprint density at radius 2 is 1.29 bits per heavy atom. The predicted molar refractivity (Wildman–Crippen MR) is 149 cm³/mol. The second kappa shape index (κ2) is 9.21. The number of hydrogen-bond donors (Lipinski definition) is 2. The fourth-order valence-electron chi connectivity index (χ4n) is 4.90. The molecule has 0 aromatic heterocycles. The van der Waals surface area contributed by atoms with E-state index in [1.807, 2.05) is 68.5 Å². The summed E-state index contributed by atoms with van der Waals surface area (Å²) < 4.78 is 0. The van der Waals surface area contributed by atoms with Crippen molar-refractivity contribution < 1.29 is 0 Å². The normalized spacial score (nSPS) is 12.3. The van der Waals surface area contributed by atoms with Gasteiger partial charge in [0.25, 0.3) is 0 Å². The summed E-state index contributed by atoms with van der Waals surface area (Å²) in [7, 11) is 0. The molecule has 4 aromatic carbocycles. The van der Waals surface area contributed by atoms with Crippen molar-refractivity contribution in [1.82, 2.24) is 0 Å². The summed E-state index contributed by atoms with van der Waals surface area (Å²) >= 11 is 0. The zero-order valence-electron chi connectivity index (χ0n) is 20.8. The highest BCUT2D eigenvalue weighted by atomic mass is 14.6. The Hall–Kier alpha value is -4.21. The van der Waals surface area contributed by atoms with Crippen molar-refractivity contribution in [1.29, 1.82) is 5.26 Å². The molecule has 0 saturated heterocycles. The maximum Gasteiger partial charge on any atom is 0.108 e. The summed E-state index contributed by atoms with van der Waals surface area (Å²) in [4.78, 5) is 0. The van der Waals surface area contributed by atoms with E-state index in [0.717, 1.165) is 38.4 Å². The van der Waals surface area contributed by atoms with E-state index in [1.54, 1.807) is 0 Å². The number of allylic oxidation sites excluding steroid dienone is 2. The van der Waals surface area contributed by atoms with Crippen LogP contribution in [-0.2, 0) is 10.8 Å². The molecule has 0 heterocycles. The molecule has 0 aliphatic heterocycles. The minimum atomic E-state index is -0.531. The van der Waals surface area contributed by atoms with Gasteiger partial charge in [-0.2, -0.15) is 5.26 Å². The molecule has 0 bridgehead atoms. The Morgan fingerprint density at radius 1 is 0.771 bits per heavy atom. The van der Waals surface area contributed by atoms with Gasteiger partial charge in [-0.05, 0) is 64.9 Å².